The Balaban J connectivity index is 1.80. The summed E-state index contributed by atoms with van der Waals surface area (Å²) in [6, 6.07) is 0. The lowest BCUT2D eigenvalue weighted by atomic mass is 10.3. The second-order valence-corrected chi connectivity index (χ2v) is 7.22. The number of hydrogen-bond acceptors (Lipinski definition) is 5. The normalized spacial score (nSPS) is 25.7. The number of carbonyl (C=O) groups excluding carboxylic acids is 1. The van der Waals surface area contributed by atoms with Gasteiger partial charge in [0.15, 0.2) is 9.84 Å². The quantitative estimate of drug-likeness (QED) is 0.667. The zero-order chi connectivity index (χ0) is 13.0. The molecule has 0 bridgehead atoms. The molecule has 0 aromatic carbocycles. The summed E-state index contributed by atoms with van der Waals surface area (Å²) in [6.45, 7) is 4.70. The first-order valence-corrected chi connectivity index (χ1v) is 8.30. The van der Waals surface area contributed by atoms with Crippen LogP contribution in [0.2, 0.25) is 0 Å². The molecule has 0 unspecified atom stereocenters. The Bertz CT molecular complexity index is 374. The molecule has 104 valence electrons. The highest BCUT2D eigenvalue weighted by molar-refractivity contribution is 7.91. The van der Waals surface area contributed by atoms with Crippen LogP contribution < -0.4 is 5.32 Å². The first-order chi connectivity index (χ1) is 8.57. The van der Waals surface area contributed by atoms with Gasteiger partial charge in [0.25, 0.3) is 0 Å². The minimum Gasteiger partial charge on any atom is -0.340 e. The van der Waals surface area contributed by atoms with Crippen LogP contribution >= 0.6 is 0 Å². The third-order valence-corrected chi connectivity index (χ3v) is 5.10. The van der Waals surface area contributed by atoms with Crippen molar-refractivity contribution in [1.29, 1.82) is 0 Å². The second-order valence-electron chi connectivity index (χ2n) is 4.91. The maximum Gasteiger partial charge on any atom is 0.236 e. The monoisotopic (exact) mass is 275 g/mol. The average Bonchev–Trinajstić information content (AvgIpc) is 2.60. The molecule has 0 spiro atoms. The van der Waals surface area contributed by atoms with Gasteiger partial charge in [0.2, 0.25) is 5.91 Å². The largest absolute Gasteiger partial charge is 0.340 e. The maximum absolute atomic E-state index is 12.1. The van der Waals surface area contributed by atoms with E-state index in [0.717, 1.165) is 32.6 Å². The van der Waals surface area contributed by atoms with Crippen LogP contribution in [0.25, 0.3) is 0 Å². The zero-order valence-corrected chi connectivity index (χ0v) is 11.4. The van der Waals surface area contributed by atoms with Gasteiger partial charge in [0.05, 0.1) is 18.1 Å². The lowest BCUT2D eigenvalue weighted by Crippen LogP contribution is -2.47. The number of nitrogens with one attached hydrogen (secondary N) is 1. The molecule has 7 heteroatoms. The van der Waals surface area contributed by atoms with Crippen molar-refractivity contribution in [2.75, 3.05) is 57.3 Å². The van der Waals surface area contributed by atoms with E-state index in [1.165, 1.54) is 0 Å². The molecule has 2 heterocycles. The summed E-state index contributed by atoms with van der Waals surface area (Å²) in [7, 11) is -2.86. The fourth-order valence-electron chi connectivity index (χ4n) is 2.29. The van der Waals surface area contributed by atoms with E-state index in [1.54, 1.807) is 0 Å². The Morgan fingerprint density at radius 2 is 1.78 bits per heavy atom. The van der Waals surface area contributed by atoms with Crippen molar-refractivity contribution in [3.8, 4) is 0 Å². The number of amides is 1. The third-order valence-electron chi connectivity index (χ3n) is 3.49. The van der Waals surface area contributed by atoms with Crippen LogP contribution in [0.1, 0.15) is 6.42 Å². The fraction of sp³-hybridized carbons (Fsp3) is 0.909. The average molecular weight is 275 g/mol. The van der Waals surface area contributed by atoms with Crippen LogP contribution in [0, 0.1) is 0 Å². The topological polar surface area (TPSA) is 69.7 Å². The van der Waals surface area contributed by atoms with Crippen molar-refractivity contribution >= 4 is 15.7 Å². The summed E-state index contributed by atoms with van der Waals surface area (Å²) in [5, 5.41) is 3.26. The molecule has 6 nitrogen and oxygen atoms in total. The summed E-state index contributed by atoms with van der Waals surface area (Å²) in [6.07, 6.45) is 0.986. The van der Waals surface area contributed by atoms with Crippen molar-refractivity contribution in [1.82, 2.24) is 15.1 Å². The lowest BCUT2D eigenvalue weighted by Gasteiger charge is -2.28. The highest BCUT2D eigenvalue weighted by Gasteiger charge is 2.24. The summed E-state index contributed by atoms with van der Waals surface area (Å²) < 4.78 is 22.6. The Hall–Kier alpha value is -0.660. The predicted molar refractivity (Wildman–Crippen MR) is 69.2 cm³/mol. The van der Waals surface area contributed by atoms with E-state index in [9.17, 15) is 13.2 Å². The van der Waals surface area contributed by atoms with Gasteiger partial charge < -0.3 is 10.2 Å². The van der Waals surface area contributed by atoms with Gasteiger partial charge in [-0.1, -0.05) is 0 Å². The van der Waals surface area contributed by atoms with Crippen LogP contribution in [0.3, 0.4) is 0 Å². The number of rotatable bonds is 2. The second kappa shape index (κ2) is 5.99. The third kappa shape index (κ3) is 3.93. The first kappa shape index (κ1) is 13.8. The molecular weight excluding hydrogens is 254 g/mol. The summed E-state index contributed by atoms with van der Waals surface area (Å²) in [5.41, 5.74) is 0. The smallest absolute Gasteiger partial charge is 0.236 e. The fourth-order valence-corrected chi connectivity index (χ4v) is 3.57. The molecule has 2 aliphatic heterocycles. The van der Waals surface area contributed by atoms with Gasteiger partial charge in [-0.25, -0.2) is 8.42 Å². The van der Waals surface area contributed by atoms with Gasteiger partial charge in [0.1, 0.15) is 0 Å². The van der Waals surface area contributed by atoms with E-state index in [2.05, 4.69) is 5.32 Å². The lowest BCUT2D eigenvalue weighted by molar-refractivity contribution is -0.132. The number of hydrogen-bond donors (Lipinski definition) is 1. The highest BCUT2D eigenvalue weighted by Crippen LogP contribution is 2.05. The maximum atomic E-state index is 12.1. The number of carbonyl (C=O) groups is 1. The molecule has 18 heavy (non-hydrogen) atoms. The van der Waals surface area contributed by atoms with Crippen molar-refractivity contribution in [2.45, 2.75) is 6.42 Å². The van der Waals surface area contributed by atoms with Crippen molar-refractivity contribution < 1.29 is 13.2 Å². The van der Waals surface area contributed by atoms with Crippen LogP contribution in [0.4, 0.5) is 0 Å². The molecule has 2 rings (SSSR count). The SMILES string of the molecule is O=C(CN1CCS(=O)(=O)CC1)N1CCCNCC1. The van der Waals surface area contributed by atoms with Crippen molar-refractivity contribution in [3.63, 3.8) is 0 Å². The summed E-state index contributed by atoms with van der Waals surface area (Å²) in [4.78, 5) is 15.9. The number of sulfone groups is 1. The predicted octanol–water partition coefficient (Wildman–Crippen LogP) is -1.46. The minimum absolute atomic E-state index is 0.123. The highest BCUT2D eigenvalue weighted by atomic mass is 32.2. The molecule has 1 amide bonds. The first-order valence-electron chi connectivity index (χ1n) is 6.48. The van der Waals surface area contributed by atoms with Crippen LogP contribution in [-0.4, -0.2) is 81.4 Å². The number of nitrogens with zero attached hydrogens (tertiary/aromatic N) is 2. The molecule has 0 aromatic rings. The molecule has 2 fully saturated rings. The van der Waals surface area contributed by atoms with Gasteiger partial charge in [-0.2, -0.15) is 0 Å². The van der Waals surface area contributed by atoms with Gasteiger partial charge in [-0.05, 0) is 13.0 Å². The summed E-state index contributed by atoms with van der Waals surface area (Å²) in [5.74, 6) is 0.488. The molecule has 2 aliphatic rings. The standard InChI is InChI=1S/C11H21N3O3S/c15-11(14-4-1-2-12-3-5-14)10-13-6-8-18(16,17)9-7-13/h12H,1-10H2. The van der Waals surface area contributed by atoms with Gasteiger partial charge in [0, 0.05) is 32.7 Å². The Morgan fingerprint density at radius 1 is 1.06 bits per heavy atom. The van der Waals surface area contributed by atoms with Crippen molar-refractivity contribution in [3.05, 3.63) is 0 Å². The van der Waals surface area contributed by atoms with E-state index in [1.807, 2.05) is 9.80 Å². The van der Waals surface area contributed by atoms with Gasteiger partial charge >= 0.3 is 0 Å². The van der Waals surface area contributed by atoms with Gasteiger partial charge in [-0.15, -0.1) is 0 Å². The van der Waals surface area contributed by atoms with E-state index >= 15 is 0 Å². The molecule has 0 radical (unpaired) electrons. The molecular formula is C11H21N3O3S. The van der Waals surface area contributed by atoms with Crippen molar-refractivity contribution in [2.24, 2.45) is 0 Å². The van der Waals surface area contributed by atoms with E-state index in [-0.39, 0.29) is 17.4 Å². The van der Waals surface area contributed by atoms with Crippen LogP contribution in [0.15, 0.2) is 0 Å². The van der Waals surface area contributed by atoms with Crippen LogP contribution in [-0.2, 0) is 14.6 Å². The molecule has 0 saturated carbocycles. The Kier molecular flexibility index (Phi) is 4.58. The van der Waals surface area contributed by atoms with E-state index in [0.29, 0.717) is 19.6 Å². The zero-order valence-electron chi connectivity index (χ0n) is 10.6. The minimum atomic E-state index is -2.86. The molecule has 0 atom stereocenters. The molecule has 0 aromatic heterocycles. The Morgan fingerprint density at radius 3 is 2.50 bits per heavy atom. The summed E-state index contributed by atoms with van der Waals surface area (Å²) >= 11 is 0. The van der Waals surface area contributed by atoms with E-state index < -0.39 is 9.84 Å². The molecule has 2 saturated heterocycles. The van der Waals surface area contributed by atoms with Crippen LogP contribution in [0.5, 0.6) is 0 Å². The molecule has 1 N–H and O–H groups in total. The van der Waals surface area contributed by atoms with Gasteiger partial charge in [-0.3, -0.25) is 9.69 Å². The molecule has 0 aliphatic carbocycles. The Labute approximate surface area is 108 Å². The van der Waals surface area contributed by atoms with E-state index in [4.69, 9.17) is 0 Å².